The topological polar surface area (TPSA) is 25.1 Å². The molecule has 3 aliphatic rings. The van der Waals surface area contributed by atoms with Gasteiger partial charge in [0.2, 0.25) is 0 Å². The van der Waals surface area contributed by atoms with Crippen molar-refractivity contribution in [1.82, 2.24) is 0 Å². The summed E-state index contributed by atoms with van der Waals surface area (Å²) in [6, 6.07) is 0. The Balaban J connectivity index is 1.44. The largest absolute Gasteiger partial charge is 0.366 e. The number of fused-ring (bicyclic) bond motifs is 1. The van der Waals surface area contributed by atoms with Crippen LogP contribution in [0.5, 0.6) is 0 Å². The summed E-state index contributed by atoms with van der Waals surface area (Å²) in [5.74, 6) is 1.60. The van der Waals surface area contributed by atoms with E-state index in [0.29, 0.717) is 18.1 Å². The minimum atomic E-state index is 0.0906. The van der Waals surface area contributed by atoms with Crippen molar-refractivity contribution >= 4 is 28.2 Å². The maximum absolute atomic E-state index is 5.72. The molecule has 17 heavy (non-hydrogen) atoms. The second kappa shape index (κ2) is 3.92. The van der Waals surface area contributed by atoms with Crippen molar-refractivity contribution in [1.29, 1.82) is 0 Å². The van der Waals surface area contributed by atoms with Crippen LogP contribution in [-0.2, 0) is 9.47 Å². The maximum atomic E-state index is 5.72. The minimum Gasteiger partial charge on any atom is -0.366 e. The molecule has 0 radical (unpaired) electrons. The molecule has 1 saturated carbocycles. The summed E-state index contributed by atoms with van der Waals surface area (Å²) >= 11 is 7.38. The molecular formula is C13H20O2S2. The van der Waals surface area contributed by atoms with Crippen LogP contribution in [0.15, 0.2) is 0 Å². The summed E-state index contributed by atoms with van der Waals surface area (Å²) in [4.78, 5) is 0. The fourth-order valence-corrected chi connectivity index (χ4v) is 4.36. The van der Waals surface area contributed by atoms with Gasteiger partial charge in [-0.25, -0.2) is 0 Å². The highest BCUT2D eigenvalue weighted by Gasteiger charge is 2.55. The van der Waals surface area contributed by atoms with Crippen molar-refractivity contribution in [3.05, 3.63) is 0 Å². The van der Waals surface area contributed by atoms with Crippen molar-refractivity contribution < 1.29 is 9.47 Å². The molecule has 3 rings (SSSR count). The Morgan fingerprint density at radius 2 is 2.06 bits per heavy atom. The van der Waals surface area contributed by atoms with Crippen molar-refractivity contribution in [2.24, 2.45) is 5.92 Å². The normalized spacial score (nSPS) is 46.2. The Bertz CT molecular complexity index is 355. The molecular weight excluding hydrogens is 252 g/mol. The number of ether oxygens (including phenoxy) is 2. The first-order valence-electron chi connectivity index (χ1n) is 6.43. The van der Waals surface area contributed by atoms with E-state index in [0.717, 1.165) is 12.2 Å². The molecule has 0 aromatic rings. The molecule has 0 spiro atoms. The smallest absolute Gasteiger partial charge is 0.0961 e. The minimum absolute atomic E-state index is 0.0906. The zero-order chi connectivity index (χ0) is 12.3. The first-order chi connectivity index (χ1) is 7.91. The van der Waals surface area contributed by atoms with E-state index < -0.39 is 0 Å². The van der Waals surface area contributed by atoms with Gasteiger partial charge in [-0.15, -0.1) is 11.8 Å². The van der Waals surface area contributed by atoms with Crippen LogP contribution >= 0.6 is 24.0 Å². The standard InChI is InChI=1S/C13H20O2S2/c1-12(2)10(14-12)7-17-11(16)8-4-5-13(3)9(6-8)15-13/h8-10H,4-7H2,1-3H3. The molecule has 4 atom stereocenters. The first kappa shape index (κ1) is 12.4. The Labute approximate surface area is 113 Å². The van der Waals surface area contributed by atoms with Gasteiger partial charge in [-0.1, -0.05) is 12.2 Å². The Morgan fingerprint density at radius 1 is 1.35 bits per heavy atom. The monoisotopic (exact) mass is 272 g/mol. The van der Waals surface area contributed by atoms with Gasteiger partial charge >= 0.3 is 0 Å². The van der Waals surface area contributed by atoms with E-state index >= 15 is 0 Å². The molecule has 0 N–H and O–H groups in total. The van der Waals surface area contributed by atoms with Crippen LogP contribution in [0.1, 0.15) is 40.0 Å². The number of epoxide rings is 2. The second-order valence-electron chi connectivity index (χ2n) is 6.23. The lowest BCUT2D eigenvalue weighted by molar-refractivity contribution is 0.304. The van der Waals surface area contributed by atoms with E-state index in [2.05, 4.69) is 20.8 Å². The van der Waals surface area contributed by atoms with Crippen LogP contribution in [0.3, 0.4) is 0 Å². The highest BCUT2D eigenvalue weighted by atomic mass is 32.2. The highest BCUT2D eigenvalue weighted by molar-refractivity contribution is 8.23. The van der Waals surface area contributed by atoms with E-state index in [1.807, 2.05) is 11.8 Å². The quantitative estimate of drug-likeness (QED) is 0.582. The Morgan fingerprint density at radius 3 is 2.65 bits per heavy atom. The van der Waals surface area contributed by atoms with Crippen molar-refractivity contribution in [2.45, 2.75) is 63.4 Å². The van der Waals surface area contributed by atoms with E-state index in [-0.39, 0.29) is 11.2 Å². The number of hydrogen-bond acceptors (Lipinski definition) is 4. The molecule has 3 fully saturated rings. The average molecular weight is 272 g/mol. The molecule has 1 aliphatic carbocycles. The van der Waals surface area contributed by atoms with E-state index in [1.165, 1.54) is 17.0 Å². The SMILES string of the molecule is CC1(C)OC1CSC(=S)C1CCC2(C)OC2C1. The number of hydrogen-bond donors (Lipinski definition) is 0. The average Bonchev–Trinajstić information content (AvgIpc) is 3.09. The van der Waals surface area contributed by atoms with E-state index in [4.69, 9.17) is 21.7 Å². The second-order valence-corrected chi connectivity index (χ2v) is 7.99. The Kier molecular flexibility index (Phi) is 2.86. The molecule has 96 valence electrons. The van der Waals surface area contributed by atoms with Crippen molar-refractivity contribution in [3.63, 3.8) is 0 Å². The van der Waals surface area contributed by atoms with Gasteiger partial charge in [0.25, 0.3) is 0 Å². The molecule has 2 saturated heterocycles. The van der Waals surface area contributed by atoms with Crippen LogP contribution in [0, 0.1) is 5.92 Å². The molecule has 2 heterocycles. The lowest BCUT2D eigenvalue weighted by Gasteiger charge is -2.22. The van der Waals surface area contributed by atoms with Crippen LogP contribution in [0.4, 0.5) is 0 Å². The lowest BCUT2D eigenvalue weighted by atomic mass is 9.84. The van der Waals surface area contributed by atoms with Gasteiger partial charge in [0.15, 0.2) is 0 Å². The third-order valence-electron chi connectivity index (χ3n) is 4.40. The van der Waals surface area contributed by atoms with Gasteiger partial charge in [-0.05, 0) is 40.0 Å². The lowest BCUT2D eigenvalue weighted by Crippen LogP contribution is -2.25. The molecule has 0 aromatic carbocycles. The van der Waals surface area contributed by atoms with Crippen molar-refractivity contribution in [3.8, 4) is 0 Å². The fourth-order valence-electron chi connectivity index (χ4n) is 2.70. The first-order valence-corrected chi connectivity index (χ1v) is 7.82. The fraction of sp³-hybridized carbons (Fsp3) is 0.923. The summed E-state index contributed by atoms with van der Waals surface area (Å²) in [5.41, 5.74) is 0.297. The van der Waals surface area contributed by atoms with Gasteiger partial charge in [-0.2, -0.15) is 0 Å². The number of thiocarbonyl (C=S) groups is 1. The maximum Gasteiger partial charge on any atom is 0.0961 e. The summed E-state index contributed by atoms with van der Waals surface area (Å²) in [5, 5.41) is 0. The highest BCUT2D eigenvalue weighted by Crippen LogP contribution is 2.50. The van der Waals surface area contributed by atoms with Gasteiger partial charge in [0, 0.05) is 11.7 Å². The molecule has 0 bridgehead atoms. The van der Waals surface area contributed by atoms with Gasteiger partial charge in [0.1, 0.15) is 0 Å². The van der Waals surface area contributed by atoms with Crippen LogP contribution in [-0.4, -0.2) is 33.4 Å². The van der Waals surface area contributed by atoms with Crippen LogP contribution in [0.25, 0.3) is 0 Å². The zero-order valence-electron chi connectivity index (χ0n) is 10.7. The Hall–Kier alpha value is 0.360. The molecule has 4 unspecified atom stereocenters. The zero-order valence-corrected chi connectivity index (χ0v) is 12.3. The van der Waals surface area contributed by atoms with Gasteiger partial charge in [0.05, 0.1) is 27.6 Å². The predicted molar refractivity (Wildman–Crippen MR) is 74.6 cm³/mol. The third-order valence-corrected chi connectivity index (χ3v) is 6.17. The molecule has 0 amide bonds. The van der Waals surface area contributed by atoms with E-state index in [1.54, 1.807) is 0 Å². The number of thioether (sulfide) groups is 1. The van der Waals surface area contributed by atoms with Crippen LogP contribution in [0.2, 0.25) is 0 Å². The number of rotatable bonds is 3. The third kappa shape index (κ3) is 2.42. The summed E-state index contributed by atoms with van der Waals surface area (Å²) < 4.78 is 12.5. The molecule has 2 nitrogen and oxygen atoms in total. The van der Waals surface area contributed by atoms with Gasteiger partial charge in [-0.3, -0.25) is 0 Å². The molecule has 2 aliphatic heterocycles. The summed E-state index contributed by atoms with van der Waals surface area (Å²) in [7, 11) is 0. The van der Waals surface area contributed by atoms with Gasteiger partial charge < -0.3 is 9.47 Å². The predicted octanol–water partition coefficient (Wildman–Crippen LogP) is 3.18. The van der Waals surface area contributed by atoms with E-state index in [9.17, 15) is 0 Å². The van der Waals surface area contributed by atoms with Crippen LogP contribution < -0.4 is 0 Å². The van der Waals surface area contributed by atoms with Crippen molar-refractivity contribution in [2.75, 3.05) is 5.75 Å². The molecule has 0 aromatic heterocycles. The summed E-state index contributed by atoms with van der Waals surface area (Å²) in [6.45, 7) is 6.52. The summed E-state index contributed by atoms with van der Waals surface area (Å²) in [6.07, 6.45) is 4.39. The molecule has 4 heteroatoms.